The van der Waals surface area contributed by atoms with Crippen molar-refractivity contribution in [2.75, 3.05) is 23.8 Å². The minimum atomic E-state index is -0.836. The number of carbonyl (C=O) groups excluding carboxylic acids is 1. The van der Waals surface area contributed by atoms with Crippen molar-refractivity contribution in [3.05, 3.63) is 35.0 Å². The second-order valence-corrected chi connectivity index (χ2v) is 9.45. The highest BCUT2D eigenvalue weighted by Gasteiger charge is 2.29. The number of aromatic nitrogens is 4. The molecular weight excluding hydrogens is 480 g/mol. The predicted octanol–water partition coefficient (Wildman–Crippen LogP) is 4.31. The van der Waals surface area contributed by atoms with Crippen LogP contribution in [0.2, 0.25) is 5.02 Å². The molecule has 1 amide bonds. The molecule has 1 atom stereocenters. The summed E-state index contributed by atoms with van der Waals surface area (Å²) >= 11 is 6.13. The summed E-state index contributed by atoms with van der Waals surface area (Å²) in [6.45, 7) is 1.32. The minimum Gasteiger partial charge on any atom is -0.379 e. The molecule has 3 aromatic rings. The molecule has 1 aliphatic heterocycles. The van der Waals surface area contributed by atoms with Crippen LogP contribution in [0.1, 0.15) is 44.6 Å². The predicted molar refractivity (Wildman–Crippen MR) is 128 cm³/mol. The molecule has 1 aromatic carbocycles. The van der Waals surface area contributed by atoms with E-state index in [0.717, 1.165) is 31.6 Å². The molecule has 0 unspecified atom stereocenters. The zero-order valence-corrected chi connectivity index (χ0v) is 19.7. The average Bonchev–Trinajstić information content (AvgIpc) is 3.19. The maximum atomic E-state index is 14.6. The Labute approximate surface area is 205 Å². The molecule has 0 spiro atoms. The van der Waals surface area contributed by atoms with Crippen molar-refractivity contribution in [3.8, 4) is 0 Å². The lowest BCUT2D eigenvalue weighted by Crippen LogP contribution is -2.31. The maximum Gasteiger partial charge on any atom is 0.225 e. The van der Waals surface area contributed by atoms with Gasteiger partial charge in [-0.05, 0) is 44.6 Å². The number of nitrogens with one attached hydrogen (secondary N) is 2. The molecule has 1 saturated carbocycles. The number of benzene rings is 1. The normalized spacial score (nSPS) is 22.8. The summed E-state index contributed by atoms with van der Waals surface area (Å²) in [6.07, 6.45) is 6.09. The van der Waals surface area contributed by atoms with Gasteiger partial charge >= 0.3 is 0 Å². The molecule has 1 saturated heterocycles. The van der Waals surface area contributed by atoms with Gasteiger partial charge in [-0.25, -0.2) is 18.7 Å². The monoisotopic (exact) mass is 505 g/mol. The summed E-state index contributed by atoms with van der Waals surface area (Å²) in [7, 11) is 0. The number of carbonyl (C=O) groups is 1. The molecule has 2 fully saturated rings. The molecule has 5 rings (SSSR count). The van der Waals surface area contributed by atoms with E-state index in [2.05, 4.69) is 20.6 Å². The Hall–Kier alpha value is -3.05. The van der Waals surface area contributed by atoms with Crippen LogP contribution in [-0.4, -0.2) is 44.7 Å². The number of hydrogen-bond acceptors (Lipinski definition) is 7. The average molecular weight is 506 g/mol. The lowest BCUT2D eigenvalue weighted by atomic mass is 9.85. The fraction of sp³-hybridized carbons (Fsp3) is 0.478. The highest BCUT2D eigenvalue weighted by molar-refractivity contribution is 6.33. The number of amides is 1. The molecule has 4 N–H and O–H groups in total. The molecule has 35 heavy (non-hydrogen) atoms. The van der Waals surface area contributed by atoms with Crippen LogP contribution in [-0.2, 0) is 9.53 Å². The first-order valence-corrected chi connectivity index (χ1v) is 12.1. The maximum absolute atomic E-state index is 14.6. The third kappa shape index (κ3) is 5.01. The van der Waals surface area contributed by atoms with Gasteiger partial charge in [0.1, 0.15) is 11.3 Å². The SMILES string of the molecule is NC(=O)[C@H]1CC[C@H](n2c(Nc3c(F)cc(F)cc3Cl)nc3cnc(N[C@@H]4CCCOC4)nc32)CC1. The van der Waals surface area contributed by atoms with Gasteiger partial charge in [-0.2, -0.15) is 4.98 Å². The smallest absolute Gasteiger partial charge is 0.225 e. The van der Waals surface area contributed by atoms with E-state index in [-0.39, 0.29) is 34.6 Å². The van der Waals surface area contributed by atoms with Crippen LogP contribution in [0, 0.1) is 17.6 Å². The van der Waals surface area contributed by atoms with Crippen LogP contribution >= 0.6 is 11.6 Å². The molecule has 9 nitrogen and oxygen atoms in total. The van der Waals surface area contributed by atoms with E-state index < -0.39 is 11.6 Å². The summed E-state index contributed by atoms with van der Waals surface area (Å²) < 4.78 is 35.6. The summed E-state index contributed by atoms with van der Waals surface area (Å²) in [5, 5.41) is 6.14. The largest absolute Gasteiger partial charge is 0.379 e. The van der Waals surface area contributed by atoms with Crippen LogP contribution in [0.15, 0.2) is 18.3 Å². The highest BCUT2D eigenvalue weighted by atomic mass is 35.5. The van der Waals surface area contributed by atoms with Gasteiger partial charge in [0.05, 0.1) is 29.6 Å². The Morgan fingerprint density at radius 3 is 2.66 bits per heavy atom. The Bertz CT molecular complexity index is 1220. The molecule has 0 radical (unpaired) electrons. The summed E-state index contributed by atoms with van der Waals surface area (Å²) in [4.78, 5) is 25.4. The summed E-state index contributed by atoms with van der Waals surface area (Å²) in [5.41, 5.74) is 6.50. The summed E-state index contributed by atoms with van der Waals surface area (Å²) in [5.74, 6) is -1.35. The quantitative estimate of drug-likeness (QED) is 0.456. The summed E-state index contributed by atoms with van der Waals surface area (Å²) in [6, 6.07) is 1.83. The van der Waals surface area contributed by atoms with Gasteiger partial charge < -0.3 is 21.1 Å². The van der Waals surface area contributed by atoms with E-state index in [0.29, 0.717) is 55.4 Å². The van der Waals surface area contributed by atoms with Crippen molar-refractivity contribution in [2.24, 2.45) is 11.7 Å². The lowest BCUT2D eigenvalue weighted by molar-refractivity contribution is -0.122. The second kappa shape index (κ2) is 9.90. The number of ether oxygens (including phenoxy) is 1. The Morgan fingerprint density at radius 2 is 1.97 bits per heavy atom. The van der Waals surface area contributed by atoms with Gasteiger partial charge in [0.25, 0.3) is 0 Å². The van der Waals surface area contributed by atoms with Crippen LogP contribution < -0.4 is 16.4 Å². The van der Waals surface area contributed by atoms with Crippen molar-refractivity contribution >= 4 is 46.3 Å². The first-order valence-electron chi connectivity index (χ1n) is 11.7. The van der Waals surface area contributed by atoms with Crippen LogP contribution in [0.25, 0.3) is 11.2 Å². The molecule has 0 bridgehead atoms. The van der Waals surface area contributed by atoms with Crippen LogP contribution in [0.4, 0.5) is 26.4 Å². The number of anilines is 3. The number of halogens is 3. The molecular formula is C23H26ClF2N7O2. The van der Waals surface area contributed by atoms with E-state index in [9.17, 15) is 13.6 Å². The number of rotatable bonds is 6. The van der Waals surface area contributed by atoms with Crippen LogP contribution in [0.3, 0.4) is 0 Å². The molecule has 2 aromatic heterocycles. The highest BCUT2D eigenvalue weighted by Crippen LogP contribution is 2.38. The van der Waals surface area contributed by atoms with Gasteiger partial charge in [0.15, 0.2) is 11.5 Å². The second-order valence-electron chi connectivity index (χ2n) is 9.04. The molecule has 1 aliphatic carbocycles. The van der Waals surface area contributed by atoms with Crippen molar-refractivity contribution in [1.29, 1.82) is 0 Å². The molecule has 186 valence electrons. The van der Waals surface area contributed by atoms with Gasteiger partial charge in [0, 0.05) is 24.6 Å². The van der Waals surface area contributed by atoms with E-state index >= 15 is 0 Å². The van der Waals surface area contributed by atoms with Crippen molar-refractivity contribution in [1.82, 2.24) is 19.5 Å². The van der Waals surface area contributed by atoms with Crippen LogP contribution in [0.5, 0.6) is 0 Å². The molecule has 2 aliphatic rings. The molecule has 12 heteroatoms. The minimum absolute atomic E-state index is 0.0684. The number of hydrogen-bond donors (Lipinski definition) is 3. The Kier molecular flexibility index (Phi) is 6.70. The van der Waals surface area contributed by atoms with Gasteiger partial charge in [-0.15, -0.1) is 0 Å². The van der Waals surface area contributed by atoms with Crippen molar-refractivity contribution in [2.45, 2.75) is 50.6 Å². The fourth-order valence-electron chi connectivity index (χ4n) is 4.82. The first kappa shape index (κ1) is 23.7. The molecule has 3 heterocycles. The number of primary amides is 1. The third-order valence-electron chi connectivity index (χ3n) is 6.63. The van der Waals surface area contributed by atoms with E-state index in [4.69, 9.17) is 27.1 Å². The fourth-order valence-corrected chi connectivity index (χ4v) is 5.07. The van der Waals surface area contributed by atoms with E-state index in [1.807, 2.05) is 4.57 Å². The number of imidazole rings is 1. The number of nitrogens with zero attached hydrogens (tertiary/aromatic N) is 4. The standard InChI is InChI=1S/C23H26ClF2N7O2/c24-16-8-13(25)9-17(26)19(16)31-23-30-18-10-28-22(29-14-2-1-7-35-11-14)32-21(18)33(23)15-5-3-12(4-6-15)20(27)34/h8-10,12,14-15H,1-7,11H2,(H2,27,34)(H,30,31)(H,28,29,32)/t12-,14-,15-/m1/s1. The van der Waals surface area contributed by atoms with Gasteiger partial charge in [-0.1, -0.05) is 11.6 Å². The van der Waals surface area contributed by atoms with Crippen molar-refractivity contribution in [3.63, 3.8) is 0 Å². The zero-order chi connectivity index (χ0) is 24.5. The number of fused-ring (bicyclic) bond motifs is 1. The number of nitrogens with two attached hydrogens (primary N) is 1. The zero-order valence-electron chi connectivity index (χ0n) is 18.9. The van der Waals surface area contributed by atoms with Gasteiger partial charge in [0.2, 0.25) is 17.8 Å². The third-order valence-corrected chi connectivity index (χ3v) is 6.93. The Morgan fingerprint density at radius 1 is 1.17 bits per heavy atom. The lowest BCUT2D eigenvalue weighted by Gasteiger charge is -2.29. The van der Waals surface area contributed by atoms with E-state index in [1.165, 1.54) is 0 Å². The first-order chi connectivity index (χ1) is 16.9. The Balaban J connectivity index is 1.52. The van der Waals surface area contributed by atoms with Gasteiger partial charge in [-0.3, -0.25) is 9.36 Å². The van der Waals surface area contributed by atoms with E-state index in [1.54, 1.807) is 6.20 Å². The van der Waals surface area contributed by atoms with Crippen molar-refractivity contribution < 1.29 is 18.3 Å². The topological polar surface area (TPSA) is 120 Å².